The molecule has 7 heteroatoms. The molecule has 1 amide bonds. The molecule has 0 saturated carbocycles. The molecule has 0 unspecified atom stereocenters. The van der Waals surface area contributed by atoms with Crippen LogP contribution in [0.3, 0.4) is 0 Å². The quantitative estimate of drug-likeness (QED) is 0.166. The molecule has 0 aliphatic heterocycles. The van der Waals surface area contributed by atoms with Crippen LogP contribution in [0, 0.1) is 24.0 Å². The van der Waals surface area contributed by atoms with Gasteiger partial charge in [-0.3, -0.25) is 14.9 Å². The smallest absolute Gasteiger partial charge is 0.271 e. The number of nitrogens with zero attached hydrogens (tertiary/aromatic N) is 3. The Balaban J connectivity index is 1.33. The van der Waals surface area contributed by atoms with Crippen molar-refractivity contribution in [2.75, 3.05) is 0 Å². The molecule has 0 radical (unpaired) electrons. The second kappa shape index (κ2) is 9.91. The summed E-state index contributed by atoms with van der Waals surface area (Å²) < 4.78 is 2.12. The number of non-ortho nitro benzene ring substituents is 1. The van der Waals surface area contributed by atoms with E-state index in [4.69, 9.17) is 0 Å². The first-order valence-corrected chi connectivity index (χ1v) is 11.8. The van der Waals surface area contributed by atoms with Crippen molar-refractivity contribution in [1.82, 2.24) is 9.99 Å². The van der Waals surface area contributed by atoms with E-state index in [0.717, 1.165) is 44.5 Å². The number of carbonyl (C=O) groups excluding carboxylic acids is 1. The molecule has 0 atom stereocenters. The van der Waals surface area contributed by atoms with Gasteiger partial charge >= 0.3 is 0 Å². The molecular formula is C30H24N4O3. The Morgan fingerprint density at radius 2 is 1.54 bits per heavy atom. The van der Waals surface area contributed by atoms with Crippen LogP contribution in [0.4, 0.5) is 5.69 Å². The zero-order chi connectivity index (χ0) is 25.9. The predicted molar refractivity (Wildman–Crippen MR) is 146 cm³/mol. The van der Waals surface area contributed by atoms with Crippen LogP contribution in [0.25, 0.3) is 27.6 Å². The molecule has 7 nitrogen and oxygen atoms in total. The summed E-state index contributed by atoms with van der Waals surface area (Å²) in [6, 6.07) is 29.9. The van der Waals surface area contributed by atoms with Crippen LogP contribution in [0.1, 0.15) is 27.3 Å². The van der Waals surface area contributed by atoms with Gasteiger partial charge in [0.05, 0.1) is 11.1 Å². The monoisotopic (exact) mass is 488 g/mol. The van der Waals surface area contributed by atoms with Gasteiger partial charge in [-0.1, -0.05) is 48.5 Å². The number of hydrazone groups is 1. The fraction of sp³-hybridized carbons (Fsp3) is 0.0667. The number of aryl methyl sites for hydroxylation is 1. The predicted octanol–water partition coefficient (Wildman–Crippen LogP) is 6.59. The highest BCUT2D eigenvalue weighted by molar-refractivity contribution is 6.07. The van der Waals surface area contributed by atoms with Gasteiger partial charge in [-0.15, -0.1) is 0 Å². The van der Waals surface area contributed by atoms with Crippen LogP contribution < -0.4 is 5.43 Å². The van der Waals surface area contributed by atoms with Crippen LogP contribution in [0.2, 0.25) is 0 Å². The molecule has 1 aromatic heterocycles. The third kappa shape index (κ3) is 4.75. The standard InChI is InChI=1S/C30H24N4O3/c1-20-18-25(19-31-32-30(35)29-9-5-7-24-6-3-4-8-28(24)29)21(2)33(20)26-14-10-22(11-15-26)23-12-16-27(17-13-23)34(36)37/h3-19H,1-2H3,(H,32,35)/b31-19-. The third-order valence-electron chi connectivity index (χ3n) is 6.41. The third-order valence-corrected chi connectivity index (χ3v) is 6.41. The van der Waals surface area contributed by atoms with Crippen molar-refractivity contribution in [2.24, 2.45) is 5.10 Å². The number of carbonyl (C=O) groups is 1. The Labute approximate surface area is 213 Å². The summed E-state index contributed by atoms with van der Waals surface area (Å²) in [7, 11) is 0. The molecule has 0 aliphatic rings. The highest BCUT2D eigenvalue weighted by Crippen LogP contribution is 2.26. The topological polar surface area (TPSA) is 89.5 Å². The Morgan fingerprint density at radius 1 is 0.892 bits per heavy atom. The molecule has 1 heterocycles. The number of benzene rings is 4. The zero-order valence-corrected chi connectivity index (χ0v) is 20.4. The van der Waals surface area contributed by atoms with Crippen molar-refractivity contribution in [3.05, 3.63) is 130 Å². The van der Waals surface area contributed by atoms with Crippen LogP contribution in [-0.4, -0.2) is 21.6 Å². The van der Waals surface area contributed by atoms with E-state index in [0.29, 0.717) is 5.56 Å². The Kier molecular flexibility index (Phi) is 6.34. The number of fused-ring (bicyclic) bond motifs is 1. The van der Waals surface area contributed by atoms with Crippen LogP contribution in [0.15, 0.2) is 102 Å². The number of nitrogens with one attached hydrogen (secondary N) is 1. The number of hydrogen-bond donors (Lipinski definition) is 1. The van der Waals surface area contributed by atoms with Crippen molar-refractivity contribution in [3.63, 3.8) is 0 Å². The molecule has 5 aromatic rings. The van der Waals surface area contributed by atoms with Crippen molar-refractivity contribution in [2.45, 2.75) is 13.8 Å². The summed E-state index contributed by atoms with van der Waals surface area (Å²) in [4.78, 5) is 23.3. The van der Waals surface area contributed by atoms with E-state index in [2.05, 4.69) is 15.1 Å². The summed E-state index contributed by atoms with van der Waals surface area (Å²) in [5.74, 6) is -0.260. The number of aromatic nitrogens is 1. The minimum Gasteiger partial charge on any atom is -0.318 e. The van der Waals surface area contributed by atoms with Gasteiger partial charge in [0, 0.05) is 40.3 Å². The molecule has 182 valence electrons. The minimum absolute atomic E-state index is 0.0708. The molecule has 4 aromatic carbocycles. The van der Waals surface area contributed by atoms with E-state index in [9.17, 15) is 14.9 Å². The molecule has 5 rings (SSSR count). The maximum Gasteiger partial charge on any atom is 0.271 e. The first-order valence-electron chi connectivity index (χ1n) is 11.8. The molecule has 0 spiro atoms. The van der Waals surface area contributed by atoms with Gasteiger partial charge in [0.25, 0.3) is 11.6 Å². The molecule has 0 saturated heterocycles. The van der Waals surface area contributed by atoms with E-state index in [-0.39, 0.29) is 11.6 Å². The first kappa shape index (κ1) is 23.7. The van der Waals surface area contributed by atoms with Gasteiger partial charge in [-0.25, -0.2) is 5.43 Å². The summed E-state index contributed by atoms with van der Waals surface area (Å²) in [5.41, 5.74) is 9.08. The zero-order valence-electron chi connectivity index (χ0n) is 20.4. The average molecular weight is 489 g/mol. The van der Waals surface area contributed by atoms with Crippen molar-refractivity contribution in [1.29, 1.82) is 0 Å². The highest BCUT2D eigenvalue weighted by atomic mass is 16.6. The van der Waals surface area contributed by atoms with E-state index in [1.807, 2.05) is 80.6 Å². The number of hydrogen-bond acceptors (Lipinski definition) is 4. The molecule has 0 fully saturated rings. The molecule has 0 aliphatic carbocycles. The summed E-state index contributed by atoms with van der Waals surface area (Å²) >= 11 is 0. The normalized spacial score (nSPS) is 11.2. The van der Waals surface area contributed by atoms with Gasteiger partial charge < -0.3 is 4.57 Å². The lowest BCUT2D eigenvalue weighted by molar-refractivity contribution is -0.384. The maximum atomic E-state index is 12.8. The van der Waals surface area contributed by atoms with Gasteiger partial charge in [0.1, 0.15) is 0 Å². The van der Waals surface area contributed by atoms with Crippen LogP contribution in [-0.2, 0) is 0 Å². The largest absolute Gasteiger partial charge is 0.318 e. The van der Waals surface area contributed by atoms with E-state index in [1.54, 1.807) is 24.4 Å². The Morgan fingerprint density at radius 3 is 2.24 bits per heavy atom. The SMILES string of the molecule is Cc1cc(/C=N\NC(=O)c2cccc3ccccc23)c(C)n1-c1ccc(-c2ccc([N+](=O)[O-])cc2)cc1. The average Bonchev–Trinajstić information content (AvgIpc) is 3.20. The Hall–Kier alpha value is -5.04. The van der Waals surface area contributed by atoms with Crippen molar-refractivity contribution < 1.29 is 9.72 Å². The first-order chi connectivity index (χ1) is 17.9. The molecular weight excluding hydrogens is 464 g/mol. The lowest BCUT2D eigenvalue weighted by atomic mass is 10.0. The summed E-state index contributed by atoms with van der Waals surface area (Å²) in [5, 5.41) is 17.0. The van der Waals surface area contributed by atoms with Gasteiger partial charge in [0.2, 0.25) is 0 Å². The van der Waals surface area contributed by atoms with Crippen molar-refractivity contribution >= 4 is 28.6 Å². The van der Waals surface area contributed by atoms with Crippen molar-refractivity contribution in [3.8, 4) is 16.8 Å². The second-order valence-electron chi connectivity index (χ2n) is 8.74. The van der Waals surface area contributed by atoms with Gasteiger partial charge in [-0.2, -0.15) is 5.10 Å². The summed E-state index contributed by atoms with van der Waals surface area (Å²) in [6.07, 6.45) is 1.66. The number of nitro benzene ring substituents is 1. The fourth-order valence-electron chi connectivity index (χ4n) is 4.54. The highest BCUT2D eigenvalue weighted by Gasteiger charge is 2.12. The number of rotatable bonds is 6. The van der Waals surface area contributed by atoms with Crippen LogP contribution >= 0.6 is 0 Å². The number of nitro groups is 1. The lowest BCUT2D eigenvalue weighted by Crippen LogP contribution is -2.18. The number of amides is 1. The lowest BCUT2D eigenvalue weighted by Gasteiger charge is -2.11. The maximum absolute atomic E-state index is 12.8. The van der Waals surface area contributed by atoms with E-state index >= 15 is 0 Å². The van der Waals surface area contributed by atoms with Gasteiger partial charge in [0.15, 0.2) is 0 Å². The van der Waals surface area contributed by atoms with E-state index in [1.165, 1.54) is 12.1 Å². The Bertz CT molecular complexity index is 1640. The van der Waals surface area contributed by atoms with Gasteiger partial charge in [-0.05, 0) is 72.1 Å². The summed E-state index contributed by atoms with van der Waals surface area (Å²) in [6.45, 7) is 4.02. The second-order valence-corrected chi connectivity index (χ2v) is 8.74. The minimum atomic E-state index is -0.402. The molecule has 1 N–H and O–H groups in total. The molecule has 0 bridgehead atoms. The molecule has 37 heavy (non-hydrogen) atoms. The van der Waals surface area contributed by atoms with E-state index < -0.39 is 4.92 Å². The fourth-order valence-corrected chi connectivity index (χ4v) is 4.54. The van der Waals surface area contributed by atoms with Crippen LogP contribution in [0.5, 0.6) is 0 Å².